The fourth-order valence-electron chi connectivity index (χ4n) is 5.33. The summed E-state index contributed by atoms with van der Waals surface area (Å²) < 4.78 is 11.1. The van der Waals surface area contributed by atoms with E-state index in [0.29, 0.717) is 52.1 Å². The average molecular weight is 637 g/mol. The van der Waals surface area contributed by atoms with Gasteiger partial charge in [0.15, 0.2) is 0 Å². The summed E-state index contributed by atoms with van der Waals surface area (Å²) in [7, 11) is 0. The molecule has 4 amide bonds. The van der Waals surface area contributed by atoms with Gasteiger partial charge in [0.25, 0.3) is 0 Å². The van der Waals surface area contributed by atoms with Gasteiger partial charge in [-0.3, -0.25) is 0 Å². The second-order valence-electron chi connectivity index (χ2n) is 10.8. The maximum atomic E-state index is 13.3. The molecule has 0 aliphatic heterocycles. The Morgan fingerprint density at radius 1 is 0.543 bits per heavy atom. The van der Waals surface area contributed by atoms with Gasteiger partial charge >= 0.3 is 24.0 Å². The molecule has 0 spiro atoms. The third-order valence-electron chi connectivity index (χ3n) is 7.94. The highest BCUT2D eigenvalue weighted by molar-refractivity contribution is 5.91. The van der Waals surface area contributed by atoms with Crippen molar-refractivity contribution in [2.24, 2.45) is 0 Å². The smallest absolute Gasteiger partial charge is 0.331 e. The summed E-state index contributed by atoms with van der Waals surface area (Å²) in [4.78, 5) is 58.8. The first-order valence-corrected chi connectivity index (χ1v) is 16.4. The average Bonchev–Trinajstić information content (AvgIpc) is 3.07. The Hall–Kier alpha value is -4.34. The van der Waals surface area contributed by atoms with Crippen molar-refractivity contribution in [1.82, 2.24) is 19.6 Å². The molecule has 0 aliphatic rings. The van der Waals surface area contributed by atoms with Crippen LogP contribution in [0.2, 0.25) is 0 Å². The standard InChI is InChI=1S/C36H52N4O6/c1-7-37(8-2)35(43)39(11-5)31(25-29-19-15-13-16-20-29)27-45-33(41)23-24-34(42)46-28-32(26-30-21-17-14-18-22-30)40(12-6)36(44)38(9-3)10-4/h13-24,31-32H,7-12,25-28H2,1-6H3/b24-23+/t31-,32-/m0/s1. The highest BCUT2D eigenvalue weighted by Crippen LogP contribution is 2.15. The Labute approximate surface area is 274 Å². The topological polar surface area (TPSA) is 99.7 Å². The fraction of sp³-hybridized carbons (Fsp3) is 0.500. The normalized spacial score (nSPS) is 12.2. The van der Waals surface area contributed by atoms with Gasteiger partial charge in [0.2, 0.25) is 0 Å². The van der Waals surface area contributed by atoms with Crippen LogP contribution in [-0.4, -0.2) is 108 Å². The lowest BCUT2D eigenvalue weighted by molar-refractivity contribution is -0.142. The third-order valence-corrected chi connectivity index (χ3v) is 7.94. The monoisotopic (exact) mass is 636 g/mol. The number of amides is 4. The molecule has 0 bridgehead atoms. The van der Waals surface area contributed by atoms with Crippen LogP contribution in [0.1, 0.15) is 52.7 Å². The molecule has 10 nitrogen and oxygen atoms in total. The maximum absolute atomic E-state index is 13.3. The van der Waals surface area contributed by atoms with Crippen molar-refractivity contribution in [2.75, 3.05) is 52.5 Å². The number of rotatable bonds is 18. The van der Waals surface area contributed by atoms with Gasteiger partial charge in [0, 0.05) is 51.4 Å². The lowest BCUT2D eigenvalue weighted by Crippen LogP contribution is -2.50. The van der Waals surface area contributed by atoms with Crippen molar-refractivity contribution in [1.29, 1.82) is 0 Å². The van der Waals surface area contributed by atoms with Crippen LogP contribution in [0.15, 0.2) is 72.8 Å². The van der Waals surface area contributed by atoms with Crippen LogP contribution in [0, 0.1) is 0 Å². The molecule has 0 fully saturated rings. The zero-order valence-corrected chi connectivity index (χ0v) is 28.4. The second-order valence-corrected chi connectivity index (χ2v) is 10.8. The Balaban J connectivity index is 2.10. The predicted octanol–water partition coefficient (Wildman–Crippen LogP) is 5.42. The zero-order chi connectivity index (χ0) is 33.9. The minimum absolute atomic E-state index is 0.0357. The summed E-state index contributed by atoms with van der Waals surface area (Å²) >= 11 is 0. The van der Waals surface area contributed by atoms with Crippen LogP contribution in [0.3, 0.4) is 0 Å². The van der Waals surface area contributed by atoms with E-state index in [9.17, 15) is 19.2 Å². The number of benzene rings is 2. The molecule has 0 N–H and O–H groups in total. The minimum atomic E-state index is -0.714. The third kappa shape index (κ3) is 11.9. The highest BCUT2D eigenvalue weighted by atomic mass is 16.5. The largest absolute Gasteiger partial charge is 0.460 e. The highest BCUT2D eigenvalue weighted by Gasteiger charge is 2.28. The van der Waals surface area contributed by atoms with E-state index in [2.05, 4.69) is 0 Å². The molecular weight excluding hydrogens is 584 g/mol. The summed E-state index contributed by atoms with van der Waals surface area (Å²) in [5, 5.41) is 0. The van der Waals surface area contributed by atoms with Gasteiger partial charge in [0.1, 0.15) is 13.2 Å². The molecule has 0 unspecified atom stereocenters. The first-order valence-electron chi connectivity index (χ1n) is 16.4. The summed E-state index contributed by atoms with van der Waals surface area (Å²) in [6, 6.07) is 18.4. The number of nitrogens with zero attached hydrogens (tertiary/aromatic N) is 4. The Morgan fingerprint density at radius 3 is 1.15 bits per heavy atom. The summed E-state index contributed by atoms with van der Waals surface area (Å²) in [6.45, 7) is 14.6. The van der Waals surface area contributed by atoms with E-state index in [4.69, 9.17) is 9.47 Å². The molecule has 0 saturated heterocycles. The SMILES string of the molecule is CCN(CC)C(=O)N(CC)[C@H](COC(=O)/C=C/C(=O)OC[C@H](Cc1ccccc1)N(CC)C(=O)N(CC)CC)Cc1ccccc1. The van der Waals surface area contributed by atoms with Crippen molar-refractivity contribution < 1.29 is 28.7 Å². The number of ether oxygens (including phenoxy) is 2. The Kier molecular flexibility index (Phi) is 17.0. The first-order chi connectivity index (χ1) is 22.2. The van der Waals surface area contributed by atoms with E-state index in [1.54, 1.807) is 19.6 Å². The van der Waals surface area contributed by atoms with Gasteiger partial charge in [0.05, 0.1) is 12.1 Å². The van der Waals surface area contributed by atoms with Gasteiger partial charge in [-0.15, -0.1) is 0 Å². The summed E-state index contributed by atoms with van der Waals surface area (Å²) in [6.07, 6.45) is 3.08. The molecule has 252 valence electrons. The molecule has 0 aromatic heterocycles. The van der Waals surface area contributed by atoms with E-state index in [1.807, 2.05) is 102 Å². The van der Waals surface area contributed by atoms with Crippen molar-refractivity contribution in [2.45, 2.75) is 66.5 Å². The lowest BCUT2D eigenvalue weighted by Gasteiger charge is -2.34. The Morgan fingerprint density at radius 2 is 0.870 bits per heavy atom. The van der Waals surface area contributed by atoms with Crippen LogP contribution in [0.5, 0.6) is 0 Å². The number of hydrogen-bond donors (Lipinski definition) is 0. The van der Waals surface area contributed by atoms with Gasteiger partial charge in [-0.2, -0.15) is 0 Å². The van der Waals surface area contributed by atoms with Crippen molar-refractivity contribution >= 4 is 24.0 Å². The molecular formula is C36H52N4O6. The molecule has 0 radical (unpaired) electrons. The van der Waals surface area contributed by atoms with Crippen molar-refractivity contribution in [3.8, 4) is 0 Å². The van der Waals surface area contributed by atoms with Gasteiger partial charge in [-0.05, 0) is 65.5 Å². The minimum Gasteiger partial charge on any atom is -0.460 e. The predicted molar refractivity (Wildman–Crippen MR) is 180 cm³/mol. The molecule has 0 aliphatic carbocycles. The van der Waals surface area contributed by atoms with Crippen LogP contribution >= 0.6 is 0 Å². The maximum Gasteiger partial charge on any atom is 0.331 e. The summed E-state index contributed by atoms with van der Waals surface area (Å²) in [5.41, 5.74) is 2.03. The number of carbonyl (C=O) groups is 4. The molecule has 2 rings (SSSR count). The molecule has 10 heteroatoms. The number of carbonyl (C=O) groups excluding carboxylic acids is 4. The van der Waals surface area contributed by atoms with Gasteiger partial charge in [-0.1, -0.05) is 60.7 Å². The van der Waals surface area contributed by atoms with Crippen LogP contribution in [0.25, 0.3) is 0 Å². The molecule has 0 saturated carbocycles. The Bertz CT molecular complexity index is 1140. The van der Waals surface area contributed by atoms with E-state index in [0.717, 1.165) is 23.3 Å². The lowest BCUT2D eigenvalue weighted by atomic mass is 10.1. The van der Waals surface area contributed by atoms with E-state index < -0.39 is 24.0 Å². The van der Waals surface area contributed by atoms with Crippen LogP contribution in [0.4, 0.5) is 9.59 Å². The van der Waals surface area contributed by atoms with E-state index >= 15 is 0 Å². The number of hydrogen-bond acceptors (Lipinski definition) is 6. The molecule has 2 aromatic rings. The second kappa shape index (κ2) is 20.6. The fourth-order valence-corrected chi connectivity index (χ4v) is 5.33. The van der Waals surface area contributed by atoms with Crippen molar-refractivity contribution in [3.63, 3.8) is 0 Å². The molecule has 2 aromatic carbocycles. The van der Waals surface area contributed by atoms with Gasteiger partial charge in [-0.25, -0.2) is 19.2 Å². The number of urea groups is 2. The van der Waals surface area contributed by atoms with Gasteiger partial charge < -0.3 is 29.1 Å². The van der Waals surface area contributed by atoms with Crippen LogP contribution < -0.4 is 0 Å². The quantitative estimate of drug-likeness (QED) is 0.160. The summed E-state index contributed by atoms with van der Waals surface area (Å²) in [5.74, 6) is -1.43. The van der Waals surface area contributed by atoms with Crippen molar-refractivity contribution in [3.05, 3.63) is 83.9 Å². The molecule has 2 atom stereocenters. The number of esters is 2. The van der Waals surface area contributed by atoms with E-state index in [-0.39, 0.29) is 25.3 Å². The van der Waals surface area contributed by atoms with Crippen LogP contribution in [-0.2, 0) is 31.9 Å². The molecule has 0 heterocycles. The molecule has 46 heavy (non-hydrogen) atoms. The number of likely N-dealkylation sites (N-methyl/N-ethyl adjacent to an activating group) is 2. The van der Waals surface area contributed by atoms with E-state index in [1.165, 1.54) is 0 Å². The first kappa shape index (κ1) is 37.8. The zero-order valence-electron chi connectivity index (χ0n) is 28.4.